The summed E-state index contributed by atoms with van der Waals surface area (Å²) in [5.41, 5.74) is 1.08. The van der Waals surface area contributed by atoms with Gasteiger partial charge in [-0.25, -0.2) is 0 Å². The molecule has 1 aromatic carbocycles. The molecule has 1 N–H and O–H groups in total. The van der Waals surface area contributed by atoms with Gasteiger partial charge in [0.1, 0.15) is 5.78 Å². The zero-order valence-electron chi connectivity index (χ0n) is 10.5. The zero-order chi connectivity index (χ0) is 12.7. The molecular formula is C14H20BrNO. The lowest BCUT2D eigenvalue weighted by molar-refractivity contribution is -0.118. The van der Waals surface area contributed by atoms with Crippen molar-refractivity contribution in [2.75, 3.05) is 6.54 Å². The summed E-state index contributed by atoms with van der Waals surface area (Å²) in [6.07, 6.45) is 2.10. The van der Waals surface area contributed by atoms with Gasteiger partial charge in [0.25, 0.3) is 0 Å². The van der Waals surface area contributed by atoms with Crippen molar-refractivity contribution >= 4 is 21.7 Å². The van der Waals surface area contributed by atoms with Crippen LogP contribution < -0.4 is 5.32 Å². The van der Waals surface area contributed by atoms with Crippen LogP contribution in [0.3, 0.4) is 0 Å². The molecule has 0 aliphatic carbocycles. The Morgan fingerprint density at radius 3 is 2.71 bits per heavy atom. The van der Waals surface area contributed by atoms with Crippen molar-refractivity contribution in [2.24, 2.45) is 0 Å². The predicted molar refractivity (Wildman–Crippen MR) is 75.2 cm³/mol. The molecule has 0 amide bonds. The summed E-state index contributed by atoms with van der Waals surface area (Å²) in [7, 11) is 0. The van der Waals surface area contributed by atoms with Gasteiger partial charge in [0.15, 0.2) is 0 Å². The van der Waals surface area contributed by atoms with Crippen molar-refractivity contribution in [3.63, 3.8) is 0 Å². The van der Waals surface area contributed by atoms with Crippen LogP contribution in [-0.2, 0) is 11.2 Å². The highest BCUT2D eigenvalue weighted by atomic mass is 79.9. The number of benzene rings is 1. The maximum atomic E-state index is 11.8. The molecule has 17 heavy (non-hydrogen) atoms. The van der Waals surface area contributed by atoms with Gasteiger partial charge in [0, 0.05) is 23.4 Å². The molecule has 0 radical (unpaired) electrons. The van der Waals surface area contributed by atoms with E-state index in [0.717, 1.165) is 23.0 Å². The van der Waals surface area contributed by atoms with E-state index in [0.29, 0.717) is 24.7 Å². The number of hydrogen-bond acceptors (Lipinski definition) is 2. The first-order valence-electron chi connectivity index (χ1n) is 6.08. The van der Waals surface area contributed by atoms with Crippen LogP contribution in [0.2, 0.25) is 0 Å². The molecule has 3 heteroatoms. The van der Waals surface area contributed by atoms with E-state index in [-0.39, 0.29) is 0 Å². The molecule has 1 rings (SSSR count). The Morgan fingerprint density at radius 2 is 2.06 bits per heavy atom. The monoisotopic (exact) mass is 297 g/mol. The first kappa shape index (κ1) is 14.4. The fourth-order valence-corrected chi connectivity index (χ4v) is 2.04. The van der Waals surface area contributed by atoms with Crippen LogP contribution in [0.5, 0.6) is 0 Å². The van der Waals surface area contributed by atoms with Crippen LogP contribution >= 0.6 is 15.9 Å². The summed E-state index contributed by atoms with van der Waals surface area (Å²) in [5.74, 6) is 0.308. The molecule has 0 aromatic heterocycles. The molecule has 0 spiro atoms. The average molecular weight is 298 g/mol. The lowest BCUT2D eigenvalue weighted by atomic mass is 10.1. The fraction of sp³-hybridized carbons (Fsp3) is 0.500. The van der Waals surface area contributed by atoms with Gasteiger partial charge in [-0.1, -0.05) is 48.0 Å². The first-order chi connectivity index (χ1) is 8.09. The molecule has 0 saturated heterocycles. The van der Waals surface area contributed by atoms with Gasteiger partial charge < -0.3 is 5.32 Å². The third-order valence-electron chi connectivity index (χ3n) is 2.53. The highest BCUT2D eigenvalue weighted by molar-refractivity contribution is 9.10. The normalized spacial score (nSPS) is 10.8. The molecule has 0 aliphatic rings. The van der Waals surface area contributed by atoms with Gasteiger partial charge in [-0.3, -0.25) is 4.79 Å². The van der Waals surface area contributed by atoms with Gasteiger partial charge in [-0.2, -0.15) is 0 Å². The predicted octanol–water partition coefficient (Wildman–Crippen LogP) is 3.34. The highest BCUT2D eigenvalue weighted by Gasteiger charge is 2.06. The fourth-order valence-electron chi connectivity index (χ4n) is 1.62. The Kier molecular flexibility index (Phi) is 6.45. The van der Waals surface area contributed by atoms with Crippen molar-refractivity contribution in [3.8, 4) is 0 Å². The minimum absolute atomic E-state index is 0.308. The molecule has 0 saturated carbocycles. The Balaban J connectivity index is 2.28. The van der Waals surface area contributed by atoms with E-state index in [4.69, 9.17) is 0 Å². The van der Waals surface area contributed by atoms with Crippen molar-refractivity contribution in [3.05, 3.63) is 34.3 Å². The third-order valence-corrected chi connectivity index (χ3v) is 3.30. The first-order valence-corrected chi connectivity index (χ1v) is 6.87. The molecule has 0 atom stereocenters. The van der Waals surface area contributed by atoms with Crippen molar-refractivity contribution in [2.45, 2.75) is 39.2 Å². The van der Waals surface area contributed by atoms with E-state index < -0.39 is 0 Å². The summed E-state index contributed by atoms with van der Waals surface area (Å²) in [6, 6.07) is 8.39. The minimum atomic E-state index is 0.308. The van der Waals surface area contributed by atoms with E-state index in [9.17, 15) is 4.79 Å². The zero-order valence-corrected chi connectivity index (χ0v) is 12.1. The summed E-state index contributed by atoms with van der Waals surface area (Å²) in [4.78, 5) is 11.8. The number of hydrogen-bond donors (Lipinski definition) is 1. The van der Waals surface area contributed by atoms with Crippen molar-refractivity contribution in [1.82, 2.24) is 5.32 Å². The van der Waals surface area contributed by atoms with Gasteiger partial charge in [0.2, 0.25) is 0 Å². The number of Topliss-reactive ketones (excluding diaryl/α,β-unsaturated/α-hetero) is 1. The van der Waals surface area contributed by atoms with Gasteiger partial charge in [-0.15, -0.1) is 0 Å². The lowest BCUT2D eigenvalue weighted by Crippen LogP contribution is -2.24. The lowest BCUT2D eigenvalue weighted by Gasteiger charge is -2.07. The molecule has 0 bridgehead atoms. The van der Waals surface area contributed by atoms with Crippen LogP contribution in [0.4, 0.5) is 0 Å². The van der Waals surface area contributed by atoms with E-state index in [1.54, 1.807) is 0 Å². The molecule has 0 unspecified atom stereocenters. The van der Waals surface area contributed by atoms with Gasteiger partial charge in [0.05, 0.1) is 0 Å². The Bertz CT molecular complexity index is 363. The summed E-state index contributed by atoms with van der Waals surface area (Å²) < 4.78 is 1.02. The maximum Gasteiger partial charge on any atom is 0.137 e. The topological polar surface area (TPSA) is 29.1 Å². The second-order valence-corrected chi connectivity index (χ2v) is 5.37. The van der Waals surface area contributed by atoms with Crippen LogP contribution in [0.15, 0.2) is 28.7 Å². The second-order valence-electron chi connectivity index (χ2n) is 4.52. The average Bonchev–Trinajstić information content (AvgIpc) is 2.27. The maximum absolute atomic E-state index is 11.8. The van der Waals surface area contributed by atoms with Crippen molar-refractivity contribution < 1.29 is 4.79 Å². The number of carbonyl (C=O) groups excluding carboxylic acids is 1. The minimum Gasteiger partial charge on any atom is -0.315 e. The van der Waals surface area contributed by atoms with E-state index in [2.05, 4.69) is 35.1 Å². The molecule has 0 fully saturated rings. The summed E-state index contributed by atoms with van der Waals surface area (Å²) in [6.45, 7) is 5.14. The largest absolute Gasteiger partial charge is 0.315 e. The van der Waals surface area contributed by atoms with Crippen LogP contribution in [0, 0.1) is 0 Å². The molecule has 94 valence electrons. The van der Waals surface area contributed by atoms with E-state index >= 15 is 0 Å². The molecule has 2 nitrogen and oxygen atoms in total. The second kappa shape index (κ2) is 7.62. The number of halogens is 1. The van der Waals surface area contributed by atoms with Crippen LogP contribution in [-0.4, -0.2) is 18.4 Å². The Hall–Kier alpha value is -0.670. The van der Waals surface area contributed by atoms with E-state index in [1.807, 2.05) is 24.3 Å². The number of nitrogens with one attached hydrogen (secondary N) is 1. The molecule has 0 aliphatic heterocycles. The highest BCUT2D eigenvalue weighted by Crippen LogP contribution is 2.17. The molecule has 0 heterocycles. The number of carbonyl (C=O) groups is 1. The molecule has 1 aromatic rings. The SMILES string of the molecule is CC(C)NCCCC(=O)Cc1ccccc1Br. The summed E-state index contributed by atoms with van der Waals surface area (Å²) >= 11 is 3.46. The van der Waals surface area contributed by atoms with Crippen LogP contribution in [0.25, 0.3) is 0 Å². The van der Waals surface area contributed by atoms with Gasteiger partial charge >= 0.3 is 0 Å². The van der Waals surface area contributed by atoms with Gasteiger partial charge in [-0.05, 0) is 24.6 Å². The summed E-state index contributed by atoms with van der Waals surface area (Å²) in [5, 5.41) is 3.31. The number of ketones is 1. The molecular weight excluding hydrogens is 278 g/mol. The van der Waals surface area contributed by atoms with Crippen molar-refractivity contribution in [1.29, 1.82) is 0 Å². The van der Waals surface area contributed by atoms with Crippen LogP contribution in [0.1, 0.15) is 32.3 Å². The standard InChI is InChI=1S/C14H20BrNO/c1-11(2)16-9-5-7-13(17)10-12-6-3-4-8-14(12)15/h3-4,6,8,11,16H,5,7,9-10H2,1-2H3. The number of rotatable bonds is 7. The quantitative estimate of drug-likeness (QED) is 0.782. The van der Waals surface area contributed by atoms with E-state index in [1.165, 1.54) is 0 Å². The Morgan fingerprint density at radius 1 is 1.35 bits per heavy atom. The third kappa shape index (κ3) is 5.99. The Labute approximate surface area is 112 Å². The smallest absolute Gasteiger partial charge is 0.137 e.